The van der Waals surface area contributed by atoms with E-state index in [0.717, 1.165) is 0 Å². The van der Waals surface area contributed by atoms with Gasteiger partial charge in [0.1, 0.15) is 23.1 Å². The largest absolute Gasteiger partial charge is 0.497 e. The van der Waals surface area contributed by atoms with Crippen LogP contribution in [0.1, 0.15) is 51.1 Å². The Morgan fingerprint density at radius 1 is 1.08 bits per heavy atom. The van der Waals surface area contributed by atoms with Crippen LogP contribution in [0, 0.1) is 17.7 Å². The van der Waals surface area contributed by atoms with Gasteiger partial charge in [0.05, 0.1) is 30.4 Å². The van der Waals surface area contributed by atoms with Crippen LogP contribution in [-0.4, -0.2) is 101 Å². The lowest BCUT2D eigenvalue weighted by atomic mass is 10.0. The number of rotatable bonds is 15. The first-order chi connectivity index (χ1) is 24.7. The number of aromatic nitrogens is 4. The molecule has 6 rings (SSSR count). The van der Waals surface area contributed by atoms with Gasteiger partial charge in [0.15, 0.2) is 0 Å². The standard InChI is InChI=1S/C34H41F3N8O6S/c1-19(2)28(38-15-14-20-6-4-5-7-26(20)35)32(47)44-18-22(45-41-30(40-43-45)21-8-10-23(51-3)11-9-21)16-27(44)31(46)39-34(17-25(34)29(36)37)33(48)42-52(49,50)24-12-13-24/h4-11,19,22,24-25,27-29,38H,12-18H2,1-3H3,(H,39,46)(H,42,48)/t22-,25+,27?,28+,34-/m1/s1. The van der Waals surface area contributed by atoms with Gasteiger partial charge in [0.2, 0.25) is 34.1 Å². The highest BCUT2D eigenvalue weighted by Crippen LogP contribution is 2.48. The summed E-state index contributed by atoms with van der Waals surface area (Å²) in [6.45, 7) is 3.77. The molecule has 2 aromatic carbocycles. The van der Waals surface area contributed by atoms with E-state index in [-0.39, 0.29) is 43.5 Å². The molecule has 18 heteroatoms. The van der Waals surface area contributed by atoms with Crippen molar-refractivity contribution in [3.8, 4) is 17.1 Å². The number of hydrogen-bond acceptors (Lipinski definition) is 10. The van der Waals surface area contributed by atoms with E-state index < -0.39 is 75.4 Å². The highest BCUT2D eigenvalue weighted by atomic mass is 32.2. The fraction of sp³-hybridized carbons (Fsp3) is 0.529. The highest BCUT2D eigenvalue weighted by Gasteiger charge is 2.66. The number of amides is 3. The molecule has 2 heterocycles. The maximum Gasteiger partial charge on any atom is 0.259 e. The molecule has 2 saturated carbocycles. The number of methoxy groups -OCH3 is 1. The smallest absolute Gasteiger partial charge is 0.259 e. The first kappa shape index (κ1) is 37.2. The molecule has 3 aromatic rings. The van der Waals surface area contributed by atoms with Gasteiger partial charge in [-0.1, -0.05) is 32.0 Å². The van der Waals surface area contributed by atoms with E-state index >= 15 is 0 Å². The minimum atomic E-state index is -4.11. The Bertz CT molecular complexity index is 1910. The number of carbonyl (C=O) groups is 3. The van der Waals surface area contributed by atoms with E-state index in [2.05, 4.69) is 26.0 Å². The van der Waals surface area contributed by atoms with Crippen molar-refractivity contribution in [3.63, 3.8) is 0 Å². The summed E-state index contributed by atoms with van der Waals surface area (Å²) in [6.07, 6.45) is -2.61. The first-order valence-electron chi connectivity index (χ1n) is 17.1. The minimum absolute atomic E-state index is 0.0621. The van der Waals surface area contributed by atoms with Crippen molar-refractivity contribution in [2.45, 2.75) is 81.3 Å². The Balaban J connectivity index is 1.25. The van der Waals surface area contributed by atoms with Crippen molar-refractivity contribution >= 4 is 27.7 Å². The quantitative estimate of drug-likeness (QED) is 0.209. The van der Waals surface area contributed by atoms with Gasteiger partial charge < -0.3 is 20.3 Å². The summed E-state index contributed by atoms with van der Waals surface area (Å²) in [7, 11) is -2.57. The van der Waals surface area contributed by atoms with E-state index in [1.165, 1.54) is 22.9 Å². The molecular formula is C34H41F3N8O6S. The van der Waals surface area contributed by atoms with E-state index in [1.807, 2.05) is 4.72 Å². The molecule has 1 aromatic heterocycles. The molecule has 0 radical (unpaired) electrons. The molecule has 3 aliphatic rings. The Morgan fingerprint density at radius 2 is 1.79 bits per heavy atom. The van der Waals surface area contributed by atoms with Crippen molar-refractivity contribution in [1.29, 1.82) is 0 Å². The highest BCUT2D eigenvalue weighted by molar-refractivity contribution is 7.91. The third-order valence-electron chi connectivity index (χ3n) is 9.89. The van der Waals surface area contributed by atoms with Gasteiger partial charge in [-0.2, -0.15) is 4.80 Å². The molecule has 280 valence electrons. The Labute approximate surface area is 298 Å². The lowest BCUT2D eigenvalue weighted by Crippen LogP contribution is -2.59. The van der Waals surface area contributed by atoms with E-state index in [0.29, 0.717) is 29.7 Å². The molecule has 1 saturated heterocycles. The molecule has 52 heavy (non-hydrogen) atoms. The Kier molecular flexibility index (Phi) is 10.6. The number of hydrogen-bond donors (Lipinski definition) is 3. The van der Waals surface area contributed by atoms with Crippen LogP contribution in [0.5, 0.6) is 5.75 Å². The Hall–Kier alpha value is -4.58. The maximum absolute atomic E-state index is 14.3. The van der Waals surface area contributed by atoms with Crippen molar-refractivity contribution in [2.24, 2.45) is 11.8 Å². The molecular weight excluding hydrogens is 705 g/mol. The van der Waals surface area contributed by atoms with Gasteiger partial charge in [-0.15, -0.1) is 10.2 Å². The SMILES string of the molecule is COc1ccc(-c2nnn([C@@H]3CC(C(=O)N[C@]4(C(=O)NS(=O)(=O)C5CC5)C[C@H]4C(F)F)N(C(=O)[C@@H](NCCc4ccccc4F)C(C)C)C3)n2)cc1. The van der Waals surface area contributed by atoms with Crippen molar-refractivity contribution < 1.29 is 40.7 Å². The maximum atomic E-state index is 14.3. The average Bonchev–Trinajstić information content (AvgIpc) is 4.00. The van der Waals surface area contributed by atoms with Crippen LogP contribution in [0.25, 0.3) is 11.4 Å². The number of nitrogens with zero attached hydrogens (tertiary/aromatic N) is 5. The normalized spacial score (nSPS) is 23.5. The number of sulfonamides is 1. The van der Waals surface area contributed by atoms with Gasteiger partial charge in [0.25, 0.3) is 5.91 Å². The predicted octanol–water partition coefficient (Wildman–Crippen LogP) is 2.24. The van der Waals surface area contributed by atoms with Gasteiger partial charge in [-0.05, 0) is 72.7 Å². The zero-order chi connectivity index (χ0) is 37.4. The van der Waals surface area contributed by atoms with Crippen LogP contribution in [0.2, 0.25) is 0 Å². The van der Waals surface area contributed by atoms with Crippen LogP contribution in [-0.2, 0) is 30.8 Å². The zero-order valence-electron chi connectivity index (χ0n) is 28.8. The number of alkyl halides is 2. The van der Waals surface area contributed by atoms with Gasteiger partial charge in [-0.3, -0.25) is 19.1 Å². The molecule has 3 N–H and O–H groups in total. The molecule has 3 amide bonds. The summed E-state index contributed by atoms with van der Waals surface area (Å²) in [5.41, 5.74) is -1.09. The second-order valence-corrected chi connectivity index (χ2v) is 15.8. The number of tetrazole rings is 1. The average molecular weight is 747 g/mol. The molecule has 1 unspecified atom stereocenters. The van der Waals surface area contributed by atoms with E-state index in [1.54, 1.807) is 56.3 Å². The second-order valence-electron chi connectivity index (χ2n) is 13.9. The number of likely N-dealkylation sites (tertiary alicyclic amines) is 1. The molecule has 0 spiro atoms. The van der Waals surface area contributed by atoms with Crippen molar-refractivity contribution in [3.05, 3.63) is 59.9 Å². The number of nitrogens with one attached hydrogen (secondary N) is 3. The minimum Gasteiger partial charge on any atom is -0.497 e. The van der Waals surface area contributed by atoms with Crippen LogP contribution < -0.4 is 20.1 Å². The number of ether oxygens (including phenoxy) is 1. The fourth-order valence-corrected chi connectivity index (χ4v) is 7.96. The molecule has 1 aliphatic heterocycles. The topological polar surface area (TPSA) is 178 Å². The number of carbonyl (C=O) groups excluding carboxylic acids is 3. The molecule has 0 bridgehead atoms. The lowest BCUT2D eigenvalue weighted by molar-refractivity contribution is -0.142. The van der Waals surface area contributed by atoms with Crippen LogP contribution in [0.3, 0.4) is 0 Å². The van der Waals surface area contributed by atoms with Crippen LogP contribution in [0.15, 0.2) is 48.5 Å². The van der Waals surface area contributed by atoms with Gasteiger partial charge in [0, 0.05) is 25.1 Å². The van der Waals surface area contributed by atoms with Crippen molar-refractivity contribution in [1.82, 2.24) is 40.5 Å². The summed E-state index contributed by atoms with van der Waals surface area (Å²) in [5, 5.41) is 17.6. The predicted molar refractivity (Wildman–Crippen MR) is 181 cm³/mol. The summed E-state index contributed by atoms with van der Waals surface area (Å²) < 4.78 is 74.6. The van der Waals surface area contributed by atoms with Crippen LogP contribution in [0.4, 0.5) is 13.2 Å². The van der Waals surface area contributed by atoms with Gasteiger partial charge >= 0.3 is 0 Å². The summed E-state index contributed by atoms with van der Waals surface area (Å²) in [6, 6.07) is 10.4. The van der Waals surface area contributed by atoms with Gasteiger partial charge in [-0.25, -0.2) is 21.6 Å². The van der Waals surface area contributed by atoms with E-state index in [4.69, 9.17) is 4.74 Å². The van der Waals surface area contributed by atoms with Crippen LogP contribution >= 0.6 is 0 Å². The monoisotopic (exact) mass is 746 g/mol. The molecule has 14 nitrogen and oxygen atoms in total. The van der Waals surface area contributed by atoms with Crippen molar-refractivity contribution in [2.75, 3.05) is 20.2 Å². The summed E-state index contributed by atoms with van der Waals surface area (Å²) in [5.74, 6) is -4.03. The second kappa shape index (κ2) is 14.8. The zero-order valence-corrected chi connectivity index (χ0v) is 29.7. The molecule has 2 aliphatic carbocycles. The first-order valence-corrected chi connectivity index (χ1v) is 18.7. The summed E-state index contributed by atoms with van der Waals surface area (Å²) >= 11 is 0. The third kappa shape index (κ3) is 7.77. The molecule has 3 fully saturated rings. The molecule has 5 atom stereocenters. The fourth-order valence-electron chi connectivity index (χ4n) is 6.60. The summed E-state index contributed by atoms with van der Waals surface area (Å²) in [4.78, 5) is 44.2. The third-order valence-corrected chi connectivity index (χ3v) is 11.7. The lowest BCUT2D eigenvalue weighted by Gasteiger charge is -2.31. The Morgan fingerprint density at radius 3 is 2.40 bits per heavy atom. The van der Waals surface area contributed by atoms with E-state index in [9.17, 15) is 36.0 Å². The number of halogens is 3. The number of benzene rings is 2.